The van der Waals surface area contributed by atoms with Crippen molar-refractivity contribution < 1.29 is 23.1 Å². The summed E-state index contributed by atoms with van der Waals surface area (Å²) in [5.74, 6) is -0.771. The number of rotatable bonds is 4. The Kier molecular flexibility index (Phi) is 6.61. The van der Waals surface area contributed by atoms with Crippen molar-refractivity contribution in [1.29, 1.82) is 0 Å². The number of hydrogen-bond donors (Lipinski definition) is 1. The van der Waals surface area contributed by atoms with E-state index in [9.17, 15) is 18.3 Å². The van der Waals surface area contributed by atoms with E-state index in [4.69, 9.17) is 4.74 Å². The van der Waals surface area contributed by atoms with E-state index in [0.717, 1.165) is 5.56 Å². The SMILES string of the molecule is C=C1CN(S(=O)(=O)c2ccc(C)cc2)CCCC/C(O)=C\1C(=O)OCC. The molecule has 0 amide bonds. The number of aliphatic hydroxyl groups excluding tert-OH is 1. The van der Waals surface area contributed by atoms with Gasteiger partial charge in [-0.05, 0) is 44.4 Å². The number of carbonyl (C=O) groups is 1. The highest BCUT2D eigenvalue weighted by Gasteiger charge is 2.29. The first-order chi connectivity index (χ1) is 12.3. The lowest BCUT2D eigenvalue weighted by molar-refractivity contribution is -0.138. The predicted octanol–water partition coefficient (Wildman–Crippen LogP) is 3.10. The highest BCUT2D eigenvalue weighted by Crippen LogP contribution is 2.25. The van der Waals surface area contributed by atoms with Crippen LogP contribution in [0.2, 0.25) is 0 Å². The van der Waals surface area contributed by atoms with Crippen LogP contribution in [-0.2, 0) is 19.6 Å². The van der Waals surface area contributed by atoms with Crippen LogP contribution in [0, 0.1) is 6.92 Å². The van der Waals surface area contributed by atoms with E-state index in [-0.39, 0.29) is 41.4 Å². The van der Waals surface area contributed by atoms with Gasteiger partial charge in [-0.25, -0.2) is 13.2 Å². The molecular weight excluding hydrogens is 354 g/mol. The van der Waals surface area contributed by atoms with E-state index in [1.165, 1.54) is 4.31 Å². The lowest BCUT2D eigenvalue weighted by atomic mass is 10.0. The first kappa shape index (κ1) is 20.2. The van der Waals surface area contributed by atoms with E-state index in [0.29, 0.717) is 19.4 Å². The molecule has 1 aliphatic heterocycles. The Bertz CT molecular complexity index is 809. The van der Waals surface area contributed by atoms with Gasteiger partial charge in [0.25, 0.3) is 0 Å². The zero-order valence-electron chi connectivity index (χ0n) is 15.2. The molecule has 1 heterocycles. The lowest BCUT2D eigenvalue weighted by Gasteiger charge is -2.23. The van der Waals surface area contributed by atoms with Gasteiger partial charge in [-0.2, -0.15) is 4.31 Å². The van der Waals surface area contributed by atoms with Crippen LogP contribution in [-0.4, -0.2) is 43.5 Å². The van der Waals surface area contributed by atoms with Crippen molar-refractivity contribution in [2.24, 2.45) is 0 Å². The maximum atomic E-state index is 13.0. The van der Waals surface area contributed by atoms with Crippen molar-refractivity contribution in [3.05, 3.63) is 53.3 Å². The van der Waals surface area contributed by atoms with Gasteiger partial charge in [-0.1, -0.05) is 24.3 Å². The fourth-order valence-corrected chi connectivity index (χ4v) is 4.28. The summed E-state index contributed by atoms with van der Waals surface area (Å²) < 4.78 is 32.3. The molecule has 1 aromatic carbocycles. The molecule has 0 atom stereocenters. The Balaban J connectivity index is 2.36. The third kappa shape index (κ3) is 4.53. The number of nitrogens with zero attached hydrogens (tertiary/aromatic N) is 1. The summed E-state index contributed by atoms with van der Waals surface area (Å²) in [5, 5.41) is 10.3. The van der Waals surface area contributed by atoms with Crippen LogP contribution in [0.15, 0.2) is 52.6 Å². The Morgan fingerprint density at radius 3 is 2.54 bits per heavy atom. The molecule has 0 radical (unpaired) electrons. The average Bonchev–Trinajstić information content (AvgIpc) is 2.64. The van der Waals surface area contributed by atoms with Gasteiger partial charge in [0, 0.05) is 19.5 Å². The number of allylic oxidation sites excluding steroid dienone is 1. The van der Waals surface area contributed by atoms with Crippen molar-refractivity contribution in [2.75, 3.05) is 19.7 Å². The van der Waals surface area contributed by atoms with Crippen LogP contribution in [0.1, 0.15) is 31.7 Å². The van der Waals surface area contributed by atoms with Gasteiger partial charge in [-0.15, -0.1) is 0 Å². The Hall–Kier alpha value is -2.12. The van der Waals surface area contributed by atoms with Crippen molar-refractivity contribution in [3.63, 3.8) is 0 Å². The fourth-order valence-electron chi connectivity index (χ4n) is 2.81. The minimum atomic E-state index is -3.73. The number of aliphatic hydroxyl groups is 1. The molecule has 0 fully saturated rings. The second-order valence-corrected chi connectivity index (χ2v) is 8.19. The molecule has 1 aliphatic rings. The predicted molar refractivity (Wildman–Crippen MR) is 99.2 cm³/mol. The number of esters is 1. The topological polar surface area (TPSA) is 83.9 Å². The summed E-state index contributed by atoms with van der Waals surface area (Å²) in [4.78, 5) is 12.4. The lowest BCUT2D eigenvalue weighted by Crippen LogP contribution is -2.34. The summed E-state index contributed by atoms with van der Waals surface area (Å²) in [6.45, 7) is 7.77. The quantitative estimate of drug-likeness (QED) is 0.813. The maximum absolute atomic E-state index is 13.0. The third-order valence-electron chi connectivity index (χ3n) is 4.22. The molecule has 142 valence electrons. The first-order valence-electron chi connectivity index (χ1n) is 8.61. The largest absolute Gasteiger partial charge is 0.511 e. The highest BCUT2D eigenvalue weighted by atomic mass is 32.2. The molecule has 0 bridgehead atoms. The van der Waals surface area contributed by atoms with Crippen LogP contribution in [0.5, 0.6) is 0 Å². The van der Waals surface area contributed by atoms with E-state index >= 15 is 0 Å². The minimum absolute atomic E-state index is 0.0159. The first-order valence-corrected chi connectivity index (χ1v) is 10.1. The molecule has 7 heteroatoms. The molecular formula is C19H25NO5S. The van der Waals surface area contributed by atoms with Crippen molar-refractivity contribution in [1.82, 2.24) is 4.31 Å². The Morgan fingerprint density at radius 1 is 1.27 bits per heavy atom. The summed E-state index contributed by atoms with van der Waals surface area (Å²) in [5.41, 5.74) is 1.19. The van der Waals surface area contributed by atoms with Crippen LogP contribution in [0.3, 0.4) is 0 Å². The van der Waals surface area contributed by atoms with E-state index in [1.54, 1.807) is 31.2 Å². The second-order valence-electron chi connectivity index (χ2n) is 6.25. The third-order valence-corrected chi connectivity index (χ3v) is 6.08. The maximum Gasteiger partial charge on any atom is 0.341 e. The van der Waals surface area contributed by atoms with Crippen LogP contribution < -0.4 is 0 Å². The molecule has 0 spiro atoms. The normalized spacial score (nSPS) is 20.2. The monoisotopic (exact) mass is 379 g/mol. The number of carbonyl (C=O) groups excluding carboxylic acids is 1. The summed E-state index contributed by atoms with van der Waals surface area (Å²) in [6.07, 6.45) is 1.41. The molecule has 0 saturated carbocycles. The van der Waals surface area contributed by atoms with E-state index in [2.05, 4.69) is 6.58 Å². The Morgan fingerprint density at radius 2 is 1.92 bits per heavy atom. The Labute approximate surface area is 154 Å². The van der Waals surface area contributed by atoms with Gasteiger partial charge >= 0.3 is 5.97 Å². The van der Waals surface area contributed by atoms with Crippen LogP contribution >= 0.6 is 0 Å². The highest BCUT2D eigenvalue weighted by molar-refractivity contribution is 7.89. The average molecular weight is 379 g/mol. The number of benzene rings is 1. The molecule has 1 N–H and O–H groups in total. The molecule has 2 rings (SSSR count). The van der Waals surface area contributed by atoms with Crippen LogP contribution in [0.4, 0.5) is 0 Å². The second kappa shape index (κ2) is 8.51. The van der Waals surface area contributed by atoms with Crippen LogP contribution in [0.25, 0.3) is 0 Å². The minimum Gasteiger partial charge on any atom is -0.511 e. The molecule has 26 heavy (non-hydrogen) atoms. The van der Waals surface area contributed by atoms with Gasteiger partial charge < -0.3 is 9.84 Å². The smallest absolute Gasteiger partial charge is 0.341 e. The van der Waals surface area contributed by atoms with Crippen molar-refractivity contribution in [3.8, 4) is 0 Å². The molecule has 0 unspecified atom stereocenters. The van der Waals surface area contributed by atoms with Gasteiger partial charge in [0.1, 0.15) is 11.3 Å². The molecule has 0 saturated heterocycles. The standard InChI is InChI=1S/C19H25NO5S/c1-4-25-19(22)18-15(3)13-20(12-6-5-7-17(18)21)26(23,24)16-10-8-14(2)9-11-16/h8-11,21H,3-7,12-13H2,1-2H3/b18-17-. The molecule has 0 aliphatic carbocycles. The number of aryl methyl sites for hydroxylation is 1. The number of ether oxygens (including phenoxy) is 1. The summed E-state index contributed by atoms with van der Waals surface area (Å²) in [6, 6.07) is 6.63. The van der Waals surface area contributed by atoms with E-state index in [1.807, 2.05) is 6.92 Å². The summed E-state index contributed by atoms with van der Waals surface area (Å²) >= 11 is 0. The van der Waals surface area contributed by atoms with Crippen molar-refractivity contribution >= 4 is 16.0 Å². The van der Waals surface area contributed by atoms with Gasteiger partial charge in [-0.3, -0.25) is 0 Å². The van der Waals surface area contributed by atoms with Gasteiger partial charge in [0.05, 0.1) is 11.5 Å². The van der Waals surface area contributed by atoms with Gasteiger partial charge in [0.2, 0.25) is 10.0 Å². The zero-order chi connectivity index (χ0) is 19.3. The molecule has 1 aromatic rings. The summed E-state index contributed by atoms with van der Waals surface area (Å²) in [7, 11) is -3.73. The van der Waals surface area contributed by atoms with E-state index < -0.39 is 16.0 Å². The number of sulfonamides is 1. The van der Waals surface area contributed by atoms with Crippen molar-refractivity contribution in [2.45, 2.75) is 38.0 Å². The van der Waals surface area contributed by atoms with Gasteiger partial charge in [0.15, 0.2) is 0 Å². The zero-order valence-corrected chi connectivity index (χ0v) is 16.0. The molecule has 0 aromatic heterocycles. The molecule has 6 nitrogen and oxygen atoms in total. The number of hydrogen-bond acceptors (Lipinski definition) is 5. The fraction of sp³-hybridized carbons (Fsp3) is 0.421.